The van der Waals surface area contributed by atoms with Crippen LogP contribution < -0.4 is 4.90 Å². The normalized spacial score (nSPS) is 14.5. The van der Waals surface area contributed by atoms with Crippen molar-refractivity contribution >= 4 is 27.7 Å². The molecule has 68 valence electrons. The third kappa shape index (κ3) is 1.63. The van der Waals surface area contributed by atoms with Gasteiger partial charge in [-0.15, -0.1) is 0 Å². The van der Waals surface area contributed by atoms with Crippen molar-refractivity contribution in [1.29, 1.82) is 0 Å². The molecular formula is C11H12BrN. The highest BCUT2D eigenvalue weighted by Crippen LogP contribution is 2.28. The van der Waals surface area contributed by atoms with E-state index in [1.54, 1.807) is 0 Å². The first-order valence-corrected chi connectivity index (χ1v) is 5.31. The molecule has 2 heteroatoms. The molecule has 0 amide bonds. The van der Waals surface area contributed by atoms with Gasteiger partial charge >= 0.3 is 0 Å². The molecule has 0 atom stereocenters. The van der Waals surface area contributed by atoms with Gasteiger partial charge in [0.1, 0.15) is 0 Å². The molecule has 0 spiro atoms. The van der Waals surface area contributed by atoms with E-state index in [1.165, 1.54) is 11.3 Å². The first-order chi connectivity index (χ1) is 6.31. The Kier molecular flexibility index (Phi) is 2.40. The molecule has 1 nitrogen and oxygen atoms in total. The highest BCUT2D eigenvalue weighted by molar-refractivity contribution is 9.10. The van der Waals surface area contributed by atoms with Crippen LogP contribution in [0.4, 0.5) is 5.69 Å². The zero-order valence-electron chi connectivity index (χ0n) is 7.63. The SMILES string of the molecule is CCN1CC=Cc2cc(Br)ccc21. The van der Waals surface area contributed by atoms with Gasteiger partial charge in [-0.05, 0) is 30.7 Å². The lowest BCUT2D eigenvalue weighted by Gasteiger charge is -2.26. The van der Waals surface area contributed by atoms with Crippen LogP contribution >= 0.6 is 15.9 Å². The number of anilines is 1. The quantitative estimate of drug-likeness (QED) is 0.725. The molecule has 2 rings (SSSR count). The second-order valence-electron chi connectivity index (χ2n) is 3.14. The van der Waals surface area contributed by atoms with E-state index in [0.717, 1.165) is 17.6 Å². The molecule has 0 N–H and O–H groups in total. The summed E-state index contributed by atoms with van der Waals surface area (Å²) in [6.45, 7) is 4.29. The molecule has 0 saturated carbocycles. The third-order valence-corrected chi connectivity index (χ3v) is 2.83. The highest BCUT2D eigenvalue weighted by atomic mass is 79.9. The largest absolute Gasteiger partial charge is 0.368 e. The van der Waals surface area contributed by atoms with Crippen molar-refractivity contribution in [3.8, 4) is 0 Å². The van der Waals surface area contributed by atoms with Crippen molar-refractivity contribution in [2.45, 2.75) is 6.92 Å². The predicted octanol–water partition coefficient (Wildman–Crippen LogP) is 3.30. The van der Waals surface area contributed by atoms with E-state index in [1.807, 2.05) is 0 Å². The monoisotopic (exact) mass is 237 g/mol. The lowest BCUT2D eigenvalue weighted by molar-refractivity contribution is 0.899. The van der Waals surface area contributed by atoms with Gasteiger partial charge in [0, 0.05) is 23.2 Å². The fourth-order valence-corrected chi connectivity index (χ4v) is 2.03. The Morgan fingerprint density at radius 1 is 1.46 bits per heavy atom. The summed E-state index contributed by atoms with van der Waals surface area (Å²) in [5.74, 6) is 0. The molecule has 0 aromatic heterocycles. The summed E-state index contributed by atoms with van der Waals surface area (Å²) in [6.07, 6.45) is 4.39. The van der Waals surface area contributed by atoms with Crippen LogP contribution in [0.2, 0.25) is 0 Å². The first-order valence-electron chi connectivity index (χ1n) is 4.52. The van der Waals surface area contributed by atoms with E-state index in [-0.39, 0.29) is 0 Å². The molecule has 1 aliphatic rings. The number of benzene rings is 1. The van der Waals surface area contributed by atoms with E-state index < -0.39 is 0 Å². The van der Waals surface area contributed by atoms with Crippen molar-refractivity contribution in [3.63, 3.8) is 0 Å². The summed E-state index contributed by atoms with van der Waals surface area (Å²) in [7, 11) is 0. The number of likely N-dealkylation sites (N-methyl/N-ethyl adjacent to an activating group) is 1. The van der Waals surface area contributed by atoms with Crippen molar-refractivity contribution in [1.82, 2.24) is 0 Å². The number of nitrogens with zero attached hydrogens (tertiary/aromatic N) is 1. The molecule has 0 bridgehead atoms. The highest BCUT2D eigenvalue weighted by Gasteiger charge is 2.10. The lowest BCUT2D eigenvalue weighted by atomic mass is 10.1. The van der Waals surface area contributed by atoms with Gasteiger partial charge in [0.2, 0.25) is 0 Å². The van der Waals surface area contributed by atoms with Crippen LogP contribution in [0.15, 0.2) is 28.7 Å². The third-order valence-electron chi connectivity index (χ3n) is 2.34. The van der Waals surface area contributed by atoms with Crippen LogP contribution in [0.3, 0.4) is 0 Å². The number of hydrogen-bond acceptors (Lipinski definition) is 1. The van der Waals surface area contributed by atoms with Crippen LogP contribution in [0.25, 0.3) is 6.08 Å². The molecule has 13 heavy (non-hydrogen) atoms. The molecule has 1 heterocycles. The molecule has 0 radical (unpaired) electrons. The minimum atomic E-state index is 1.03. The minimum Gasteiger partial charge on any atom is -0.368 e. The summed E-state index contributed by atoms with van der Waals surface area (Å²) in [5, 5.41) is 0. The van der Waals surface area contributed by atoms with Gasteiger partial charge in [0.15, 0.2) is 0 Å². The van der Waals surface area contributed by atoms with Crippen molar-refractivity contribution in [2.24, 2.45) is 0 Å². The fraction of sp³-hybridized carbons (Fsp3) is 0.273. The van der Waals surface area contributed by atoms with E-state index in [9.17, 15) is 0 Å². The second-order valence-corrected chi connectivity index (χ2v) is 4.06. The van der Waals surface area contributed by atoms with Crippen LogP contribution in [0.5, 0.6) is 0 Å². The molecule has 1 aromatic rings. The molecule has 1 aromatic carbocycles. The predicted molar refractivity (Wildman–Crippen MR) is 61.1 cm³/mol. The van der Waals surface area contributed by atoms with E-state index in [0.29, 0.717) is 0 Å². The summed E-state index contributed by atoms with van der Waals surface area (Å²) >= 11 is 3.48. The van der Waals surface area contributed by atoms with Gasteiger partial charge in [-0.25, -0.2) is 0 Å². The maximum Gasteiger partial charge on any atom is 0.0443 e. The van der Waals surface area contributed by atoms with Crippen LogP contribution in [0, 0.1) is 0 Å². The topological polar surface area (TPSA) is 3.24 Å². The Hall–Kier alpha value is -0.760. The minimum absolute atomic E-state index is 1.03. The summed E-state index contributed by atoms with van der Waals surface area (Å²) < 4.78 is 1.15. The molecule has 0 saturated heterocycles. The van der Waals surface area contributed by atoms with Gasteiger partial charge in [-0.2, -0.15) is 0 Å². The standard InChI is InChI=1S/C11H12BrN/c1-2-13-7-3-4-9-8-10(12)5-6-11(9)13/h3-6,8H,2,7H2,1H3. The Labute approximate surface area is 87.2 Å². The maximum absolute atomic E-state index is 3.48. The summed E-state index contributed by atoms with van der Waals surface area (Å²) in [6, 6.07) is 6.43. The van der Waals surface area contributed by atoms with Crippen LogP contribution in [0.1, 0.15) is 12.5 Å². The summed E-state index contributed by atoms with van der Waals surface area (Å²) in [4.78, 5) is 2.36. The van der Waals surface area contributed by atoms with Crippen molar-refractivity contribution in [2.75, 3.05) is 18.0 Å². The van der Waals surface area contributed by atoms with Gasteiger partial charge in [-0.1, -0.05) is 28.1 Å². The van der Waals surface area contributed by atoms with Gasteiger partial charge in [0.05, 0.1) is 0 Å². The number of rotatable bonds is 1. The van der Waals surface area contributed by atoms with Gasteiger partial charge < -0.3 is 4.90 Å². The Balaban J connectivity index is 2.47. The van der Waals surface area contributed by atoms with Crippen molar-refractivity contribution < 1.29 is 0 Å². The average molecular weight is 238 g/mol. The van der Waals surface area contributed by atoms with Crippen LogP contribution in [-0.4, -0.2) is 13.1 Å². The van der Waals surface area contributed by atoms with Gasteiger partial charge in [-0.3, -0.25) is 0 Å². The number of hydrogen-bond donors (Lipinski definition) is 0. The van der Waals surface area contributed by atoms with Gasteiger partial charge in [0.25, 0.3) is 0 Å². The van der Waals surface area contributed by atoms with E-state index in [4.69, 9.17) is 0 Å². The molecule has 0 aliphatic carbocycles. The molecule has 0 unspecified atom stereocenters. The van der Waals surface area contributed by atoms with Crippen LogP contribution in [-0.2, 0) is 0 Å². The first kappa shape index (κ1) is 8.82. The zero-order valence-corrected chi connectivity index (χ0v) is 9.21. The number of fused-ring (bicyclic) bond motifs is 1. The Morgan fingerprint density at radius 2 is 2.31 bits per heavy atom. The molecule has 1 aliphatic heterocycles. The zero-order chi connectivity index (χ0) is 9.26. The maximum atomic E-state index is 3.48. The molecule has 0 fully saturated rings. The smallest absolute Gasteiger partial charge is 0.0443 e. The van der Waals surface area contributed by atoms with E-state index in [2.05, 4.69) is 58.1 Å². The second kappa shape index (κ2) is 3.54. The molecular weight excluding hydrogens is 226 g/mol. The van der Waals surface area contributed by atoms with E-state index >= 15 is 0 Å². The summed E-state index contributed by atoms with van der Waals surface area (Å²) in [5.41, 5.74) is 2.65. The Morgan fingerprint density at radius 3 is 3.08 bits per heavy atom. The average Bonchev–Trinajstić information content (AvgIpc) is 2.16. The number of halogens is 1. The lowest BCUT2D eigenvalue weighted by Crippen LogP contribution is -2.25. The Bertz CT molecular complexity index is 344. The fourth-order valence-electron chi connectivity index (χ4n) is 1.65. The van der Waals surface area contributed by atoms with Crippen molar-refractivity contribution in [3.05, 3.63) is 34.3 Å².